The third kappa shape index (κ3) is 1.81. The molecule has 3 rings (SSSR count). The van der Waals surface area contributed by atoms with Crippen LogP contribution in [-0.4, -0.2) is 10.9 Å². The van der Waals surface area contributed by atoms with Gasteiger partial charge in [0.1, 0.15) is 5.75 Å². The molecule has 0 heterocycles. The lowest BCUT2D eigenvalue weighted by Crippen LogP contribution is -2.39. The van der Waals surface area contributed by atoms with Crippen molar-refractivity contribution in [3.8, 4) is 5.75 Å². The quantitative estimate of drug-likeness (QED) is 0.826. The molecular weight excluding hydrogens is 248 g/mol. The van der Waals surface area contributed by atoms with Gasteiger partial charge < -0.3 is 5.11 Å². The van der Waals surface area contributed by atoms with Gasteiger partial charge in [0.05, 0.1) is 0 Å². The second-order valence-electron chi connectivity index (χ2n) is 6.91. The van der Waals surface area contributed by atoms with Gasteiger partial charge in [-0.3, -0.25) is 4.79 Å². The average Bonchev–Trinajstić information content (AvgIpc) is 2.95. The molecule has 0 saturated heterocycles. The van der Waals surface area contributed by atoms with E-state index in [0.717, 1.165) is 35.1 Å². The summed E-state index contributed by atoms with van der Waals surface area (Å²) < 4.78 is 0. The zero-order chi connectivity index (χ0) is 14.5. The van der Waals surface area contributed by atoms with Crippen LogP contribution in [0.1, 0.15) is 66.1 Å². The van der Waals surface area contributed by atoms with E-state index in [0.29, 0.717) is 17.5 Å². The molecule has 2 nitrogen and oxygen atoms in total. The number of carbonyl (C=O) groups excluding carboxylic acids is 1. The van der Waals surface area contributed by atoms with Crippen LogP contribution in [0.5, 0.6) is 5.75 Å². The Morgan fingerprint density at radius 1 is 1.20 bits per heavy atom. The molecule has 1 N–H and O–H groups in total. The summed E-state index contributed by atoms with van der Waals surface area (Å²) in [6.45, 7) is 6.06. The molecule has 2 heteroatoms. The Bertz CT molecular complexity index is 567. The fraction of sp³-hybridized carbons (Fsp3) is 0.611. The maximum atomic E-state index is 13.1. The Hall–Kier alpha value is -1.31. The van der Waals surface area contributed by atoms with Gasteiger partial charge >= 0.3 is 0 Å². The number of aromatic hydroxyl groups is 1. The third-order valence-electron chi connectivity index (χ3n) is 5.87. The molecule has 0 radical (unpaired) electrons. The van der Waals surface area contributed by atoms with Crippen LogP contribution in [0.3, 0.4) is 0 Å². The van der Waals surface area contributed by atoms with Crippen molar-refractivity contribution in [3.05, 3.63) is 28.3 Å². The molecule has 0 bridgehead atoms. The number of ketones is 1. The van der Waals surface area contributed by atoms with Crippen LogP contribution >= 0.6 is 0 Å². The lowest BCUT2D eigenvalue weighted by molar-refractivity contribution is 0.0662. The second kappa shape index (κ2) is 4.61. The van der Waals surface area contributed by atoms with Crippen molar-refractivity contribution in [2.75, 3.05) is 0 Å². The zero-order valence-corrected chi connectivity index (χ0v) is 12.8. The van der Waals surface area contributed by atoms with E-state index >= 15 is 0 Å². The number of hydrogen-bond donors (Lipinski definition) is 1. The van der Waals surface area contributed by atoms with Gasteiger partial charge in [-0.1, -0.05) is 19.8 Å². The molecule has 0 aliphatic heterocycles. The van der Waals surface area contributed by atoms with E-state index in [-0.39, 0.29) is 5.41 Å². The highest BCUT2D eigenvalue weighted by Gasteiger charge is 2.45. The molecular formula is C18H24O2. The molecule has 20 heavy (non-hydrogen) atoms. The second-order valence-corrected chi connectivity index (χ2v) is 6.91. The van der Waals surface area contributed by atoms with Gasteiger partial charge in [0.15, 0.2) is 5.78 Å². The smallest absolute Gasteiger partial charge is 0.169 e. The minimum absolute atomic E-state index is 0.183. The lowest BCUT2D eigenvalue weighted by atomic mass is 9.63. The van der Waals surface area contributed by atoms with E-state index < -0.39 is 0 Å². The van der Waals surface area contributed by atoms with E-state index in [2.05, 4.69) is 6.92 Å². The molecule has 0 spiro atoms. The van der Waals surface area contributed by atoms with Crippen LogP contribution in [0.4, 0.5) is 0 Å². The van der Waals surface area contributed by atoms with E-state index in [1.54, 1.807) is 0 Å². The lowest BCUT2D eigenvalue weighted by Gasteiger charge is -2.39. The number of hydrogen-bond acceptors (Lipinski definition) is 2. The van der Waals surface area contributed by atoms with Crippen LogP contribution in [0, 0.1) is 25.2 Å². The molecule has 1 aromatic rings. The number of carbonyl (C=O) groups is 1. The monoisotopic (exact) mass is 272 g/mol. The number of Topliss-reactive ketones (excluding diaryl/α,β-unsaturated/α-hetero) is 1. The molecule has 2 aliphatic rings. The Balaban J connectivity index is 2.08. The zero-order valence-electron chi connectivity index (χ0n) is 12.8. The first-order valence-corrected chi connectivity index (χ1v) is 7.82. The molecule has 2 aliphatic carbocycles. The van der Waals surface area contributed by atoms with Gasteiger partial charge in [0.25, 0.3) is 0 Å². The fourth-order valence-electron chi connectivity index (χ4n) is 4.23. The molecule has 1 unspecified atom stereocenters. The number of benzene rings is 1. The van der Waals surface area contributed by atoms with Crippen molar-refractivity contribution >= 4 is 5.78 Å². The normalized spacial score (nSPS) is 26.9. The highest BCUT2D eigenvalue weighted by molar-refractivity contribution is 6.04. The predicted octanol–water partition coefficient (Wildman–Crippen LogP) is 4.33. The Labute approximate surface area is 121 Å². The number of fused-ring (bicyclic) bond motifs is 1. The summed E-state index contributed by atoms with van der Waals surface area (Å²) in [6, 6.07) is 1.81. The highest BCUT2D eigenvalue weighted by atomic mass is 16.3. The Kier molecular flexibility index (Phi) is 3.15. The van der Waals surface area contributed by atoms with Gasteiger partial charge in [-0.05, 0) is 68.2 Å². The molecule has 1 saturated carbocycles. The molecule has 1 fully saturated rings. The van der Waals surface area contributed by atoms with Crippen molar-refractivity contribution in [2.45, 2.75) is 59.3 Å². The number of phenols is 1. The third-order valence-corrected chi connectivity index (χ3v) is 5.87. The predicted molar refractivity (Wildman–Crippen MR) is 80.3 cm³/mol. The van der Waals surface area contributed by atoms with Crippen LogP contribution in [0.25, 0.3) is 0 Å². The van der Waals surface area contributed by atoms with Gasteiger partial charge in [0.2, 0.25) is 0 Å². The topological polar surface area (TPSA) is 37.3 Å². The standard InChI is InChI=1S/C18H24O2/c1-11-12(2)16-13(10-15(11)19)8-9-18(3,17(16)20)14-6-4-5-7-14/h10,14,19H,4-9H2,1-3H3. The molecule has 0 amide bonds. The summed E-state index contributed by atoms with van der Waals surface area (Å²) in [5.74, 6) is 1.21. The summed E-state index contributed by atoms with van der Waals surface area (Å²) in [5.41, 5.74) is 3.60. The van der Waals surface area contributed by atoms with Gasteiger partial charge in [-0.25, -0.2) is 0 Å². The average molecular weight is 272 g/mol. The largest absolute Gasteiger partial charge is 0.508 e. The van der Waals surface area contributed by atoms with Crippen molar-refractivity contribution < 1.29 is 9.90 Å². The number of rotatable bonds is 1. The van der Waals surface area contributed by atoms with Crippen LogP contribution in [0.2, 0.25) is 0 Å². The summed E-state index contributed by atoms with van der Waals surface area (Å²) in [6.07, 6.45) is 6.80. The molecule has 0 aromatic heterocycles. The summed E-state index contributed by atoms with van der Waals surface area (Å²) in [4.78, 5) is 13.1. The van der Waals surface area contributed by atoms with E-state index in [1.165, 1.54) is 25.7 Å². The van der Waals surface area contributed by atoms with Gasteiger partial charge in [0, 0.05) is 11.0 Å². The van der Waals surface area contributed by atoms with Crippen LogP contribution in [0.15, 0.2) is 6.07 Å². The molecule has 108 valence electrons. The van der Waals surface area contributed by atoms with Crippen molar-refractivity contribution in [1.82, 2.24) is 0 Å². The van der Waals surface area contributed by atoms with Crippen molar-refractivity contribution in [1.29, 1.82) is 0 Å². The van der Waals surface area contributed by atoms with Crippen LogP contribution in [-0.2, 0) is 6.42 Å². The SMILES string of the molecule is Cc1c(O)cc2c(c1C)C(=O)C(C)(C1CCCC1)CC2. The maximum Gasteiger partial charge on any atom is 0.169 e. The first-order chi connectivity index (χ1) is 9.45. The highest BCUT2D eigenvalue weighted by Crippen LogP contribution is 2.49. The minimum atomic E-state index is -0.183. The Morgan fingerprint density at radius 3 is 2.50 bits per heavy atom. The van der Waals surface area contributed by atoms with Crippen LogP contribution < -0.4 is 0 Å². The van der Waals surface area contributed by atoms with Gasteiger partial charge in [-0.2, -0.15) is 0 Å². The minimum Gasteiger partial charge on any atom is -0.508 e. The fourth-order valence-corrected chi connectivity index (χ4v) is 4.23. The maximum absolute atomic E-state index is 13.1. The van der Waals surface area contributed by atoms with Crippen molar-refractivity contribution in [2.24, 2.45) is 11.3 Å². The van der Waals surface area contributed by atoms with Crippen molar-refractivity contribution in [3.63, 3.8) is 0 Å². The number of aryl methyl sites for hydroxylation is 1. The van der Waals surface area contributed by atoms with E-state index in [9.17, 15) is 9.90 Å². The molecule has 1 aromatic carbocycles. The summed E-state index contributed by atoms with van der Waals surface area (Å²) in [7, 11) is 0. The van der Waals surface area contributed by atoms with Gasteiger partial charge in [-0.15, -0.1) is 0 Å². The molecule has 1 atom stereocenters. The van der Waals surface area contributed by atoms with E-state index in [1.807, 2.05) is 19.9 Å². The van der Waals surface area contributed by atoms with E-state index in [4.69, 9.17) is 0 Å². The first kappa shape index (κ1) is 13.7. The summed E-state index contributed by atoms with van der Waals surface area (Å²) in [5, 5.41) is 9.97. The first-order valence-electron chi connectivity index (χ1n) is 7.82. The Morgan fingerprint density at radius 2 is 1.85 bits per heavy atom. The summed E-state index contributed by atoms with van der Waals surface area (Å²) >= 11 is 0. The number of phenolic OH excluding ortho intramolecular Hbond substituents is 1.